The van der Waals surface area contributed by atoms with Crippen molar-refractivity contribution in [3.05, 3.63) is 0 Å². The first kappa shape index (κ1) is 36.6. The molecule has 10 atom stereocenters. The molecule has 46 heavy (non-hydrogen) atoms. The molecule has 4 aliphatic rings. The minimum absolute atomic E-state index is 0.0695. The highest BCUT2D eigenvalue weighted by Crippen LogP contribution is 2.68. The number of aliphatic carboxylic acids is 3. The molecule has 262 valence electrons. The molecule has 6 N–H and O–H groups in total. The van der Waals surface area contributed by atoms with Crippen LogP contribution in [0.4, 0.5) is 0 Å². The van der Waals surface area contributed by atoms with Gasteiger partial charge in [-0.05, 0) is 104 Å². The fraction of sp³-hybridized carbons (Fsp3) is 0.882. The standard InChI is InChI=1S/C34H57N3O9/c1-21(4-7-28(40)35-12-13-36(18-29(41)42)14-15-37(19-30(43)44)20-31(45)46)24-5-6-25-32-26(9-11-34(24,25)3)33(2)10-8-23(38)16-22(33)17-27(32)39/h21-27,32,38-39H,4-20H2,1-3H3,(H,35,40)(H,41,42)(H,43,44)(H,45,46)/t21?,22-,23+,24+,25?,26?,27-,32?,33-,34+/m0/s1. The SMILES string of the molecule is CC(CCC(=O)NCCN(CCN(CC(=O)O)CC(=O)O)CC(=O)O)[C@H]1CCC2C3C(CC[C@@]21C)[C@@]1(C)CC[C@@H](O)C[C@H]1C[C@@H]3O. The number of rotatable bonds is 16. The lowest BCUT2D eigenvalue weighted by Crippen LogP contribution is -2.58. The normalized spacial score (nSPS) is 36.0. The van der Waals surface area contributed by atoms with Gasteiger partial charge in [0.2, 0.25) is 5.91 Å². The van der Waals surface area contributed by atoms with E-state index in [9.17, 15) is 34.5 Å². The predicted octanol–water partition coefficient (Wildman–Crippen LogP) is 2.37. The van der Waals surface area contributed by atoms with Crippen LogP contribution in [0.15, 0.2) is 0 Å². The molecule has 0 heterocycles. The van der Waals surface area contributed by atoms with E-state index in [4.69, 9.17) is 10.2 Å². The molecule has 1 amide bonds. The molecule has 0 saturated heterocycles. The predicted molar refractivity (Wildman–Crippen MR) is 170 cm³/mol. The van der Waals surface area contributed by atoms with Gasteiger partial charge >= 0.3 is 17.9 Å². The van der Waals surface area contributed by atoms with Gasteiger partial charge in [0.05, 0.1) is 31.8 Å². The average Bonchev–Trinajstić information content (AvgIpc) is 3.31. The van der Waals surface area contributed by atoms with Gasteiger partial charge in [-0.25, -0.2) is 0 Å². The number of hydrogen-bond acceptors (Lipinski definition) is 8. The number of aliphatic hydroxyl groups is 2. The lowest BCUT2D eigenvalue weighted by molar-refractivity contribution is -0.174. The number of carboxylic acid groups (broad SMARTS) is 3. The molecule has 4 aliphatic carbocycles. The Bertz CT molecular complexity index is 1090. The van der Waals surface area contributed by atoms with Gasteiger partial charge in [0.1, 0.15) is 0 Å². The zero-order valence-electron chi connectivity index (χ0n) is 27.9. The highest BCUT2D eigenvalue weighted by atomic mass is 16.4. The number of carbonyl (C=O) groups excluding carboxylic acids is 1. The van der Waals surface area contributed by atoms with Crippen LogP contribution in [-0.4, -0.2) is 117 Å². The van der Waals surface area contributed by atoms with Gasteiger partial charge in [0, 0.05) is 32.6 Å². The molecule has 0 spiro atoms. The molecule has 4 saturated carbocycles. The molecule has 0 aromatic carbocycles. The fourth-order valence-electron chi connectivity index (χ4n) is 10.5. The van der Waals surface area contributed by atoms with E-state index < -0.39 is 31.0 Å². The van der Waals surface area contributed by atoms with E-state index in [2.05, 4.69) is 26.1 Å². The van der Waals surface area contributed by atoms with Gasteiger partial charge in [0.25, 0.3) is 0 Å². The first-order chi connectivity index (χ1) is 21.6. The van der Waals surface area contributed by atoms with Crippen LogP contribution in [0.25, 0.3) is 0 Å². The quantitative estimate of drug-likeness (QED) is 0.144. The zero-order valence-corrected chi connectivity index (χ0v) is 27.9. The van der Waals surface area contributed by atoms with Crippen molar-refractivity contribution in [1.82, 2.24) is 15.1 Å². The lowest BCUT2D eigenvalue weighted by Gasteiger charge is -2.62. The maximum absolute atomic E-state index is 12.8. The van der Waals surface area contributed by atoms with Gasteiger partial charge in [0.15, 0.2) is 0 Å². The molecule has 4 rings (SSSR count). The number of hydrogen-bond donors (Lipinski definition) is 6. The first-order valence-corrected chi connectivity index (χ1v) is 17.4. The third-order valence-corrected chi connectivity index (χ3v) is 12.8. The Morgan fingerprint density at radius 2 is 1.37 bits per heavy atom. The number of nitrogens with one attached hydrogen (secondary N) is 1. The number of carboxylic acids is 3. The van der Waals surface area contributed by atoms with Crippen molar-refractivity contribution >= 4 is 23.8 Å². The second-order valence-corrected chi connectivity index (χ2v) is 15.5. The Balaban J connectivity index is 1.26. The van der Waals surface area contributed by atoms with Crippen LogP contribution < -0.4 is 5.32 Å². The van der Waals surface area contributed by atoms with Crippen LogP contribution in [0, 0.1) is 46.3 Å². The average molecular weight is 652 g/mol. The Labute approximate surface area is 272 Å². The maximum Gasteiger partial charge on any atom is 0.317 e. The molecule has 0 bridgehead atoms. The molecule has 4 unspecified atom stereocenters. The van der Waals surface area contributed by atoms with Crippen molar-refractivity contribution in [2.75, 3.05) is 45.8 Å². The van der Waals surface area contributed by atoms with Crippen molar-refractivity contribution in [3.63, 3.8) is 0 Å². The molecule has 0 aromatic rings. The molecule has 0 aromatic heterocycles. The number of nitrogens with zero attached hydrogens (tertiary/aromatic N) is 2. The number of aliphatic hydroxyl groups excluding tert-OH is 2. The van der Waals surface area contributed by atoms with Gasteiger partial charge in [-0.15, -0.1) is 0 Å². The van der Waals surface area contributed by atoms with E-state index in [-0.39, 0.29) is 61.7 Å². The number of carbonyl (C=O) groups is 4. The summed E-state index contributed by atoms with van der Waals surface area (Å²) in [5.41, 5.74) is 0.338. The second kappa shape index (κ2) is 15.3. The lowest BCUT2D eigenvalue weighted by atomic mass is 9.43. The summed E-state index contributed by atoms with van der Waals surface area (Å²) in [4.78, 5) is 49.1. The van der Waals surface area contributed by atoms with Crippen LogP contribution in [0.3, 0.4) is 0 Å². The number of amides is 1. The van der Waals surface area contributed by atoms with Crippen LogP contribution in [0.1, 0.15) is 85.0 Å². The topological polar surface area (TPSA) is 188 Å². The van der Waals surface area contributed by atoms with Gasteiger partial charge in [-0.3, -0.25) is 29.0 Å². The van der Waals surface area contributed by atoms with E-state index in [1.54, 1.807) is 4.90 Å². The van der Waals surface area contributed by atoms with Crippen LogP contribution in [-0.2, 0) is 19.2 Å². The molecule has 12 nitrogen and oxygen atoms in total. The van der Waals surface area contributed by atoms with Crippen LogP contribution in [0.5, 0.6) is 0 Å². The number of fused-ring (bicyclic) bond motifs is 5. The van der Waals surface area contributed by atoms with Crippen LogP contribution in [0.2, 0.25) is 0 Å². The molecule has 0 radical (unpaired) electrons. The van der Waals surface area contributed by atoms with E-state index in [1.807, 2.05) is 0 Å². The van der Waals surface area contributed by atoms with Crippen molar-refractivity contribution in [2.24, 2.45) is 46.3 Å². The highest BCUT2D eigenvalue weighted by Gasteiger charge is 2.62. The van der Waals surface area contributed by atoms with Crippen molar-refractivity contribution in [1.29, 1.82) is 0 Å². The van der Waals surface area contributed by atoms with E-state index in [0.717, 1.165) is 57.8 Å². The van der Waals surface area contributed by atoms with Gasteiger partial charge in [-0.2, -0.15) is 0 Å². The summed E-state index contributed by atoms with van der Waals surface area (Å²) in [6.45, 7) is 6.58. The van der Waals surface area contributed by atoms with Crippen LogP contribution >= 0.6 is 0 Å². The summed E-state index contributed by atoms with van der Waals surface area (Å²) in [6.07, 6.45) is 8.62. The van der Waals surface area contributed by atoms with E-state index in [1.165, 1.54) is 4.90 Å². The van der Waals surface area contributed by atoms with Crippen molar-refractivity contribution in [2.45, 2.75) is 97.2 Å². The Morgan fingerprint density at radius 3 is 2.02 bits per heavy atom. The van der Waals surface area contributed by atoms with Gasteiger partial charge in [-0.1, -0.05) is 20.8 Å². The minimum Gasteiger partial charge on any atom is -0.480 e. The monoisotopic (exact) mass is 651 g/mol. The van der Waals surface area contributed by atoms with E-state index in [0.29, 0.717) is 41.9 Å². The summed E-state index contributed by atoms with van der Waals surface area (Å²) in [6, 6.07) is 0. The Kier molecular flexibility index (Phi) is 12.2. The largest absolute Gasteiger partial charge is 0.480 e. The molecule has 4 fully saturated rings. The third kappa shape index (κ3) is 8.41. The molecule has 0 aliphatic heterocycles. The fourth-order valence-corrected chi connectivity index (χ4v) is 10.5. The summed E-state index contributed by atoms with van der Waals surface area (Å²) in [7, 11) is 0. The molecule has 12 heteroatoms. The summed E-state index contributed by atoms with van der Waals surface area (Å²) in [5, 5.41) is 52.1. The van der Waals surface area contributed by atoms with Crippen molar-refractivity contribution < 1.29 is 44.7 Å². The molecular weight excluding hydrogens is 594 g/mol. The van der Waals surface area contributed by atoms with Crippen molar-refractivity contribution in [3.8, 4) is 0 Å². The maximum atomic E-state index is 12.8. The minimum atomic E-state index is -1.16. The summed E-state index contributed by atoms with van der Waals surface area (Å²) < 4.78 is 0. The first-order valence-electron chi connectivity index (χ1n) is 17.4. The third-order valence-electron chi connectivity index (χ3n) is 12.8. The summed E-state index contributed by atoms with van der Waals surface area (Å²) >= 11 is 0. The Hall–Kier alpha value is -2.28. The zero-order chi connectivity index (χ0) is 33.8. The highest BCUT2D eigenvalue weighted by molar-refractivity contribution is 5.75. The van der Waals surface area contributed by atoms with E-state index >= 15 is 0 Å². The molecular formula is C34H57N3O9. The second-order valence-electron chi connectivity index (χ2n) is 15.5. The van der Waals surface area contributed by atoms with Gasteiger partial charge < -0.3 is 30.8 Å². The smallest absolute Gasteiger partial charge is 0.317 e. The summed E-state index contributed by atoms with van der Waals surface area (Å²) in [5.74, 6) is -0.954. The Morgan fingerprint density at radius 1 is 0.783 bits per heavy atom.